The quantitative estimate of drug-likeness (QED) is 0.919. The Morgan fingerprint density at radius 1 is 1.40 bits per heavy atom. The molecule has 2 aromatic rings. The van der Waals surface area contributed by atoms with Crippen LogP contribution in [-0.2, 0) is 6.42 Å². The minimum absolute atomic E-state index is 0.484. The van der Waals surface area contributed by atoms with E-state index in [-0.39, 0.29) is 0 Å². The maximum atomic E-state index is 4.64. The first-order valence-electron chi connectivity index (χ1n) is 7.67. The van der Waals surface area contributed by atoms with Crippen molar-refractivity contribution in [1.82, 2.24) is 15.1 Å². The van der Waals surface area contributed by atoms with Gasteiger partial charge in [0.1, 0.15) is 0 Å². The van der Waals surface area contributed by atoms with Crippen LogP contribution in [0.5, 0.6) is 0 Å². The molecule has 0 saturated carbocycles. The maximum Gasteiger partial charge on any atom is 0.0651 e. The van der Waals surface area contributed by atoms with Crippen molar-refractivity contribution >= 4 is 0 Å². The van der Waals surface area contributed by atoms with Crippen molar-refractivity contribution in [3.63, 3.8) is 0 Å². The van der Waals surface area contributed by atoms with Gasteiger partial charge < -0.3 is 5.32 Å². The highest BCUT2D eigenvalue weighted by molar-refractivity contribution is 5.39. The lowest BCUT2D eigenvalue weighted by Gasteiger charge is -2.24. The summed E-state index contributed by atoms with van der Waals surface area (Å²) in [6.07, 6.45) is 6.84. The molecule has 106 valence electrons. The van der Waals surface area contributed by atoms with Crippen LogP contribution in [-0.4, -0.2) is 16.3 Å². The van der Waals surface area contributed by atoms with Gasteiger partial charge in [0.15, 0.2) is 0 Å². The van der Waals surface area contributed by atoms with Gasteiger partial charge >= 0.3 is 0 Å². The predicted octanol–water partition coefficient (Wildman–Crippen LogP) is 3.56. The number of rotatable bonds is 4. The molecule has 3 nitrogen and oxygen atoms in total. The second-order valence-corrected chi connectivity index (χ2v) is 5.70. The summed E-state index contributed by atoms with van der Waals surface area (Å²) >= 11 is 0. The molecule has 1 unspecified atom stereocenters. The summed E-state index contributed by atoms with van der Waals surface area (Å²) in [6.45, 7) is 5.43. The van der Waals surface area contributed by atoms with Gasteiger partial charge in [0, 0.05) is 17.3 Å². The van der Waals surface area contributed by atoms with Crippen molar-refractivity contribution in [2.45, 2.75) is 45.6 Å². The molecule has 0 fully saturated rings. The highest BCUT2D eigenvalue weighted by atomic mass is 15.3. The summed E-state index contributed by atoms with van der Waals surface area (Å²) in [5.41, 5.74) is 5.24. The van der Waals surface area contributed by atoms with Crippen LogP contribution in [0.25, 0.3) is 5.69 Å². The fraction of sp³-hybridized carbons (Fsp3) is 0.471. The Balaban J connectivity index is 1.94. The van der Waals surface area contributed by atoms with Gasteiger partial charge in [-0.3, -0.25) is 0 Å². The molecule has 0 amide bonds. The van der Waals surface area contributed by atoms with Crippen LogP contribution >= 0.6 is 0 Å². The number of nitrogens with one attached hydrogen (secondary N) is 1. The molecule has 1 atom stereocenters. The summed E-state index contributed by atoms with van der Waals surface area (Å²) in [5.74, 6) is 0. The first-order valence-corrected chi connectivity index (χ1v) is 7.67. The number of aromatic nitrogens is 2. The van der Waals surface area contributed by atoms with Crippen molar-refractivity contribution in [2.75, 3.05) is 6.54 Å². The Labute approximate surface area is 121 Å². The Kier molecular flexibility index (Phi) is 3.88. The summed E-state index contributed by atoms with van der Waals surface area (Å²) < 4.78 is 2.13. The SMILES string of the molecule is CCCNC1CCCc2c1cnn2-c1cccc(C)c1. The fourth-order valence-electron chi connectivity index (χ4n) is 3.07. The zero-order chi connectivity index (χ0) is 13.9. The highest BCUT2D eigenvalue weighted by Gasteiger charge is 2.24. The molecule has 1 heterocycles. The van der Waals surface area contributed by atoms with Gasteiger partial charge in [-0.1, -0.05) is 19.1 Å². The largest absolute Gasteiger partial charge is 0.310 e. The smallest absolute Gasteiger partial charge is 0.0651 e. The number of hydrogen-bond acceptors (Lipinski definition) is 2. The molecule has 0 spiro atoms. The summed E-state index contributed by atoms with van der Waals surface area (Å²) in [4.78, 5) is 0. The molecular weight excluding hydrogens is 246 g/mol. The van der Waals surface area contributed by atoms with Crippen LogP contribution in [0.3, 0.4) is 0 Å². The average molecular weight is 269 g/mol. The van der Waals surface area contributed by atoms with Crippen LogP contribution in [0.1, 0.15) is 49.0 Å². The first-order chi connectivity index (χ1) is 9.79. The molecule has 1 aromatic carbocycles. The molecule has 0 saturated heterocycles. The van der Waals surface area contributed by atoms with E-state index in [1.54, 1.807) is 0 Å². The van der Waals surface area contributed by atoms with E-state index in [1.807, 2.05) is 0 Å². The van der Waals surface area contributed by atoms with E-state index < -0.39 is 0 Å². The number of hydrogen-bond donors (Lipinski definition) is 1. The molecule has 0 aliphatic heterocycles. The fourth-order valence-corrected chi connectivity index (χ4v) is 3.07. The monoisotopic (exact) mass is 269 g/mol. The molecule has 3 heteroatoms. The molecule has 1 aliphatic carbocycles. The minimum Gasteiger partial charge on any atom is -0.310 e. The lowest BCUT2D eigenvalue weighted by Crippen LogP contribution is -2.25. The van der Waals surface area contributed by atoms with Crippen molar-refractivity contribution in [2.24, 2.45) is 0 Å². The third kappa shape index (κ3) is 2.50. The van der Waals surface area contributed by atoms with Crippen LogP contribution in [0.4, 0.5) is 0 Å². The summed E-state index contributed by atoms with van der Waals surface area (Å²) in [6, 6.07) is 9.07. The van der Waals surface area contributed by atoms with Crippen LogP contribution in [0, 0.1) is 6.92 Å². The molecule has 0 bridgehead atoms. The van der Waals surface area contributed by atoms with E-state index in [0.29, 0.717) is 6.04 Å². The summed E-state index contributed by atoms with van der Waals surface area (Å²) in [7, 11) is 0. The van der Waals surface area contributed by atoms with Gasteiger partial charge in [0.05, 0.1) is 11.9 Å². The molecule has 3 rings (SSSR count). The minimum atomic E-state index is 0.484. The second-order valence-electron chi connectivity index (χ2n) is 5.70. The van der Waals surface area contributed by atoms with E-state index in [4.69, 9.17) is 0 Å². The average Bonchev–Trinajstić information content (AvgIpc) is 2.89. The lowest BCUT2D eigenvalue weighted by atomic mass is 9.93. The second kappa shape index (κ2) is 5.80. The Hall–Kier alpha value is -1.61. The Morgan fingerprint density at radius 3 is 3.10 bits per heavy atom. The standard InChI is InChI=1S/C17H23N3/c1-3-10-18-16-8-5-9-17-15(16)12-19-20(17)14-7-4-6-13(2)11-14/h4,6-7,11-12,16,18H,3,5,8-10H2,1-2H3. The Morgan fingerprint density at radius 2 is 2.30 bits per heavy atom. The van der Waals surface area contributed by atoms with E-state index >= 15 is 0 Å². The van der Waals surface area contributed by atoms with E-state index in [0.717, 1.165) is 13.0 Å². The van der Waals surface area contributed by atoms with Gasteiger partial charge in [0.25, 0.3) is 0 Å². The van der Waals surface area contributed by atoms with Gasteiger partial charge in [-0.05, 0) is 56.8 Å². The molecule has 1 aliphatic rings. The van der Waals surface area contributed by atoms with E-state index in [1.165, 1.54) is 41.8 Å². The zero-order valence-corrected chi connectivity index (χ0v) is 12.4. The van der Waals surface area contributed by atoms with Gasteiger partial charge in [-0.15, -0.1) is 0 Å². The normalized spacial score (nSPS) is 18.0. The van der Waals surface area contributed by atoms with Gasteiger partial charge in [0.2, 0.25) is 0 Å². The van der Waals surface area contributed by atoms with Crippen molar-refractivity contribution < 1.29 is 0 Å². The molecular formula is C17H23N3. The zero-order valence-electron chi connectivity index (χ0n) is 12.4. The first kappa shape index (κ1) is 13.4. The van der Waals surface area contributed by atoms with Crippen molar-refractivity contribution in [3.8, 4) is 5.69 Å². The van der Waals surface area contributed by atoms with Gasteiger partial charge in [-0.2, -0.15) is 5.10 Å². The third-order valence-corrected chi connectivity index (χ3v) is 4.07. The number of fused-ring (bicyclic) bond motifs is 1. The number of nitrogens with zero attached hydrogens (tertiary/aromatic N) is 2. The number of aryl methyl sites for hydroxylation is 1. The third-order valence-electron chi connectivity index (χ3n) is 4.07. The summed E-state index contributed by atoms with van der Waals surface area (Å²) in [5, 5.41) is 8.29. The van der Waals surface area contributed by atoms with E-state index in [2.05, 4.69) is 59.4 Å². The lowest BCUT2D eigenvalue weighted by molar-refractivity contribution is 0.456. The highest BCUT2D eigenvalue weighted by Crippen LogP contribution is 2.31. The molecule has 1 N–H and O–H groups in total. The van der Waals surface area contributed by atoms with Crippen LogP contribution in [0.2, 0.25) is 0 Å². The topological polar surface area (TPSA) is 29.9 Å². The Bertz CT molecular complexity index is 586. The molecule has 1 aromatic heterocycles. The van der Waals surface area contributed by atoms with Crippen LogP contribution < -0.4 is 5.32 Å². The molecule has 20 heavy (non-hydrogen) atoms. The van der Waals surface area contributed by atoms with Crippen LogP contribution in [0.15, 0.2) is 30.5 Å². The van der Waals surface area contributed by atoms with Crippen molar-refractivity contribution in [3.05, 3.63) is 47.3 Å². The van der Waals surface area contributed by atoms with Crippen molar-refractivity contribution in [1.29, 1.82) is 0 Å². The number of benzene rings is 1. The maximum absolute atomic E-state index is 4.64. The molecule has 0 radical (unpaired) electrons. The predicted molar refractivity (Wildman–Crippen MR) is 82.3 cm³/mol. The van der Waals surface area contributed by atoms with E-state index in [9.17, 15) is 0 Å². The van der Waals surface area contributed by atoms with Gasteiger partial charge in [-0.25, -0.2) is 4.68 Å².